The third-order valence-corrected chi connectivity index (χ3v) is 5.77. The molecule has 2 aromatic carbocycles. The minimum Gasteiger partial charge on any atom is -0.247 e. The molecular weight excluding hydrogens is 492 g/mol. The van der Waals surface area contributed by atoms with Crippen molar-refractivity contribution in [1.29, 1.82) is 0 Å². The van der Waals surface area contributed by atoms with E-state index in [-0.39, 0.29) is 29.3 Å². The Bertz CT molecular complexity index is 1570. The smallest absolute Gasteiger partial charge is 0.247 e. The van der Waals surface area contributed by atoms with Crippen LogP contribution in [0.3, 0.4) is 0 Å². The Morgan fingerprint density at radius 3 is 1.63 bits per heavy atom. The zero-order valence-corrected chi connectivity index (χ0v) is 20.8. The summed E-state index contributed by atoms with van der Waals surface area (Å²) in [5, 5.41) is 0. The van der Waals surface area contributed by atoms with Crippen molar-refractivity contribution in [3.8, 4) is 11.4 Å². The largest absolute Gasteiger partial charge is 0.345 e. The average molecular weight is 517 g/mol. The second kappa shape index (κ2) is 12.8. The topological polar surface area (TPSA) is 154 Å². The van der Waals surface area contributed by atoms with E-state index in [0.717, 1.165) is 13.7 Å². The van der Waals surface area contributed by atoms with Crippen LogP contribution in [0.15, 0.2) is 65.8 Å². The molecule has 0 saturated heterocycles. The molecule has 0 unspecified atom stereocenters. The van der Waals surface area contributed by atoms with Crippen molar-refractivity contribution in [3.63, 3.8) is 0 Å². The number of rotatable bonds is 11. The van der Waals surface area contributed by atoms with Gasteiger partial charge in [-0.2, -0.15) is 9.98 Å². The predicted octanol–water partition coefficient (Wildman–Crippen LogP) is 2.60. The maximum Gasteiger partial charge on any atom is 0.345 e. The Kier molecular flexibility index (Phi) is 9.29. The maximum absolute atomic E-state index is 13.7. The van der Waals surface area contributed by atoms with Crippen molar-refractivity contribution in [2.45, 2.75) is 46.1 Å². The summed E-state index contributed by atoms with van der Waals surface area (Å²) < 4.78 is 2.42. The van der Waals surface area contributed by atoms with Crippen molar-refractivity contribution in [1.82, 2.24) is 13.7 Å². The highest BCUT2D eigenvalue weighted by molar-refractivity contribution is 5.64. The number of aliphatic imine (C=N–C) groups is 3. The van der Waals surface area contributed by atoms with Crippen LogP contribution in [0.1, 0.15) is 36.8 Å². The van der Waals surface area contributed by atoms with Gasteiger partial charge in [0.25, 0.3) is 0 Å². The molecule has 3 aromatic rings. The Morgan fingerprint density at radius 1 is 0.658 bits per heavy atom. The summed E-state index contributed by atoms with van der Waals surface area (Å²) in [6.45, 7) is 3.80. The van der Waals surface area contributed by atoms with Gasteiger partial charge in [0.1, 0.15) is 11.4 Å². The van der Waals surface area contributed by atoms with Gasteiger partial charge in [0.2, 0.25) is 18.2 Å². The first-order valence-corrected chi connectivity index (χ1v) is 11.7. The second-order valence-electron chi connectivity index (χ2n) is 8.45. The molecule has 0 radical (unpaired) electrons. The molecular formula is C26H24N6O6. The van der Waals surface area contributed by atoms with Crippen LogP contribution in [0.2, 0.25) is 0 Å². The molecule has 0 fully saturated rings. The third-order valence-electron chi connectivity index (χ3n) is 5.77. The number of carbonyl (C=O) groups excluding carboxylic acids is 3. The van der Waals surface area contributed by atoms with Gasteiger partial charge in [-0.15, -0.1) is 0 Å². The van der Waals surface area contributed by atoms with E-state index >= 15 is 0 Å². The van der Waals surface area contributed by atoms with Crippen LogP contribution >= 0.6 is 0 Å². The van der Waals surface area contributed by atoms with E-state index in [1.165, 1.54) is 42.5 Å². The number of aryl methyl sites for hydroxylation is 2. The molecule has 0 aliphatic carbocycles. The van der Waals surface area contributed by atoms with Crippen molar-refractivity contribution >= 4 is 29.6 Å². The van der Waals surface area contributed by atoms with Crippen LogP contribution < -0.4 is 17.1 Å². The fourth-order valence-electron chi connectivity index (χ4n) is 3.97. The van der Waals surface area contributed by atoms with Crippen LogP contribution in [-0.2, 0) is 20.9 Å². The fraction of sp³-hybridized carbons (Fsp3) is 0.308. The quantitative estimate of drug-likeness (QED) is 0.217. The van der Waals surface area contributed by atoms with Crippen molar-refractivity contribution in [2.75, 3.05) is 6.54 Å². The first-order valence-electron chi connectivity index (χ1n) is 11.7. The highest BCUT2D eigenvalue weighted by atomic mass is 16.2. The summed E-state index contributed by atoms with van der Waals surface area (Å²) in [7, 11) is 0. The molecule has 0 aliphatic rings. The molecule has 0 atom stereocenters. The first-order chi connectivity index (χ1) is 18.3. The summed E-state index contributed by atoms with van der Waals surface area (Å²) in [5.74, 6) is 0. The number of benzene rings is 2. The summed E-state index contributed by atoms with van der Waals surface area (Å²) in [6, 6.07) is 9.14. The lowest BCUT2D eigenvalue weighted by molar-refractivity contribution is 0.503. The van der Waals surface area contributed by atoms with Crippen LogP contribution in [0.25, 0.3) is 11.4 Å². The molecule has 1 aromatic heterocycles. The zero-order chi connectivity index (χ0) is 27.7. The van der Waals surface area contributed by atoms with Gasteiger partial charge < -0.3 is 0 Å². The summed E-state index contributed by atoms with van der Waals surface area (Å²) in [4.78, 5) is 83.9. The first kappa shape index (κ1) is 27.6. The Labute approximate surface area is 216 Å². The van der Waals surface area contributed by atoms with E-state index in [0.29, 0.717) is 43.4 Å². The third kappa shape index (κ3) is 6.03. The molecule has 0 bridgehead atoms. The minimum atomic E-state index is -1.03. The summed E-state index contributed by atoms with van der Waals surface area (Å²) in [5.41, 5.74) is -1.44. The van der Waals surface area contributed by atoms with E-state index in [9.17, 15) is 28.8 Å². The Balaban J connectivity index is 2.28. The standard InChI is InChI=1S/C26H24N6O6/c1-18-7-9-22(20(13-18)28-16-34)31-24(36)30(12-6-4-3-5-11-27-15-33)25(37)32(26(31)38)23-10-8-19(2)14-21(23)29-17-35/h7-10,13-14H,3-6,11-12H2,1-2H3. The van der Waals surface area contributed by atoms with Gasteiger partial charge >= 0.3 is 17.1 Å². The molecule has 0 aliphatic heterocycles. The Hall–Kier alpha value is -5.01. The number of nitrogens with zero attached hydrogens (tertiary/aromatic N) is 6. The molecule has 12 heteroatoms. The van der Waals surface area contributed by atoms with Gasteiger partial charge in [0.15, 0.2) is 0 Å². The summed E-state index contributed by atoms with van der Waals surface area (Å²) in [6.07, 6.45) is 6.68. The van der Waals surface area contributed by atoms with E-state index in [4.69, 9.17) is 0 Å². The van der Waals surface area contributed by atoms with Crippen LogP contribution in [0.4, 0.5) is 11.4 Å². The highest BCUT2D eigenvalue weighted by Gasteiger charge is 2.21. The molecule has 38 heavy (non-hydrogen) atoms. The number of unbranched alkanes of at least 4 members (excludes halogenated alkanes) is 3. The normalized spacial score (nSPS) is 10.3. The molecule has 0 saturated carbocycles. The average Bonchev–Trinajstić information content (AvgIpc) is 2.88. The molecule has 0 N–H and O–H groups in total. The number of aromatic nitrogens is 3. The lowest BCUT2D eigenvalue weighted by atomic mass is 10.2. The van der Waals surface area contributed by atoms with Crippen molar-refractivity contribution in [2.24, 2.45) is 15.0 Å². The van der Waals surface area contributed by atoms with Crippen molar-refractivity contribution < 1.29 is 14.4 Å². The van der Waals surface area contributed by atoms with E-state index in [2.05, 4.69) is 15.0 Å². The van der Waals surface area contributed by atoms with Gasteiger partial charge in [-0.05, 0) is 62.1 Å². The molecule has 1 heterocycles. The van der Waals surface area contributed by atoms with Crippen LogP contribution in [0.5, 0.6) is 0 Å². The maximum atomic E-state index is 13.7. The molecule has 12 nitrogen and oxygen atoms in total. The fourth-order valence-corrected chi connectivity index (χ4v) is 3.97. The van der Waals surface area contributed by atoms with E-state index in [1.807, 2.05) is 0 Å². The van der Waals surface area contributed by atoms with Gasteiger partial charge in [-0.25, -0.2) is 47.5 Å². The number of hydrogen-bond acceptors (Lipinski definition) is 9. The summed E-state index contributed by atoms with van der Waals surface area (Å²) >= 11 is 0. The Morgan fingerprint density at radius 2 is 1.16 bits per heavy atom. The van der Waals surface area contributed by atoms with Gasteiger partial charge in [-0.1, -0.05) is 25.0 Å². The highest BCUT2D eigenvalue weighted by Crippen LogP contribution is 2.24. The number of hydrogen-bond donors (Lipinski definition) is 0. The second-order valence-corrected chi connectivity index (χ2v) is 8.45. The molecule has 0 amide bonds. The van der Waals surface area contributed by atoms with Gasteiger partial charge in [-0.3, -0.25) is 0 Å². The van der Waals surface area contributed by atoms with Gasteiger partial charge in [0.05, 0.1) is 17.9 Å². The van der Waals surface area contributed by atoms with E-state index < -0.39 is 17.1 Å². The SMILES string of the molecule is Cc1ccc(-n2c(=O)n(CCCCCCN=C=O)c(=O)n(-c3ccc(C)cc3N=C=O)c2=O)c(N=C=O)c1. The predicted molar refractivity (Wildman–Crippen MR) is 138 cm³/mol. The van der Waals surface area contributed by atoms with Crippen LogP contribution in [-0.4, -0.2) is 38.5 Å². The van der Waals surface area contributed by atoms with Crippen molar-refractivity contribution in [3.05, 3.63) is 79.0 Å². The van der Waals surface area contributed by atoms with Gasteiger partial charge in [0, 0.05) is 6.54 Å². The molecule has 3 rings (SSSR count). The van der Waals surface area contributed by atoms with E-state index in [1.54, 1.807) is 26.0 Å². The van der Waals surface area contributed by atoms with Crippen LogP contribution in [0, 0.1) is 13.8 Å². The number of isocyanates is 3. The zero-order valence-electron chi connectivity index (χ0n) is 20.8. The lowest BCUT2D eigenvalue weighted by Gasteiger charge is -2.16. The monoisotopic (exact) mass is 516 g/mol. The lowest BCUT2D eigenvalue weighted by Crippen LogP contribution is -2.53. The molecule has 0 spiro atoms. The minimum absolute atomic E-state index is 0.0155. The molecule has 194 valence electrons.